The van der Waals surface area contributed by atoms with Crippen LogP contribution >= 0.6 is 24.0 Å². The highest BCUT2D eigenvalue weighted by Crippen LogP contribution is 2.26. The van der Waals surface area contributed by atoms with Crippen LogP contribution < -0.4 is 10.1 Å². The summed E-state index contributed by atoms with van der Waals surface area (Å²) in [6.45, 7) is 7.30. The molecule has 1 aromatic heterocycles. The first kappa shape index (κ1) is 22.4. The number of rotatable bonds is 6. The van der Waals surface area contributed by atoms with E-state index in [1.54, 1.807) is 12.1 Å². The van der Waals surface area contributed by atoms with Gasteiger partial charge < -0.3 is 15.0 Å². The van der Waals surface area contributed by atoms with E-state index in [0.29, 0.717) is 18.2 Å². The Balaban J connectivity index is 0.00000280. The molecule has 3 rings (SSSR count). The van der Waals surface area contributed by atoms with Crippen molar-refractivity contribution in [3.63, 3.8) is 0 Å². The summed E-state index contributed by atoms with van der Waals surface area (Å²) in [5.41, 5.74) is 1.28. The highest BCUT2D eigenvalue weighted by Gasteiger charge is 2.27. The molecule has 0 bridgehead atoms. The van der Waals surface area contributed by atoms with Gasteiger partial charge in [-0.1, -0.05) is 0 Å². The lowest BCUT2D eigenvalue weighted by atomic mass is 10.0. The zero-order valence-electron chi connectivity index (χ0n) is 16.6. The summed E-state index contributed by atoms with van der Waals surface area (Å²) < 4.78 is 20.7. The number of aromatic nitrogens is 2. The molecule has 0 amide bonds. The van der Waals surface area contributed by atoms with Crippen molar-refractivity contribution in [1.82, 2.24) is 20.0 Å². The molecule has 0 spiro atoms. The van der Waals surface area contributed by atoms with E-state index in [9.17, 15) is 4.39 Å². The second-order valence-corrected chi connectivity index (χ2v) is 6.96. The molecule has 1 aliphatic heterocycles. The number of likely N-dealkylation sites (tertiary alicyclic amines) is 1. The van der Waals surface area contributed by atoms with Gasteiger partial charge in [0.15, 0.2) is 5.96 Å². The molecule has 0 radical (unpaired) electrons. The number of hydrogen-bond acceptors (Lipinski definition) is 3. The molecule has 1 saturated heterocycles. The normalized spacial score (nSPS) is 17.9. The number of halogens is 2. The summed E-state index contributed by atoms with van der Waals surface area (Å²) in [6, 6.07) is 6.08. The summed E-state index contributed by atoms with van der Waals surface area (Å²) in [7, 11) is 1.95. The van der Waals surface area contributed by atoms with Gasteiger partial charge in [0.2, 0.25) is 0 Å². The minimum atomic E-state index is -0.264. The van der Waals surface area contributed by atoms with Crippen molar-refractivity contribution in [2.75, 3.05) is 26.2 Å². The van der Waals surface area contributed by atoms with Gasteiger partial charge in [-0.15, -0.1) is 24.0 Å². The van der Waals surface area contributed by atoms with E-state index in [0.717, 1.165) is 32.0 Å². The maximum Gasteiger partial charge on any atom is 0.194 e. The van der Waals surface area contributed by atoms with E-state index in [4.69, 9.17) is 9.73 Å². The van der Waals surface area contributed by atoms with Gasteiger partial charge in [-0.25, -0.2) is 9.38 Å². The average molecular weight is 501 g/mol. The Labute approximate surface area is 183 Å². The van der Waals surface area contributed by atoms with Crippen molar-refractivity contribution in [2.24, 2.45) is 12.0 Å². The molecule has 8 heteroatoms. The predicted molar refractivity (Wildman–Crippen MR) is 120 cm³/mol. The fourth-order valence-corrected chi connectivity index (χ4v) is 3.30. The van der Waals surface area contributed by atoms with Crippen molar-refractivity contribution in [3.8, 4) is 5.75 Å². The van der Waals surface area contributed by atoms with Crippen LogP contribution in [0.1, 0.15) is 31.7 Å². The second-order valence-electron chi connectivity index (χ2n) is 6.96. The Morgan fingerprint density at radius 3 is 2.79 bits per heavy atom. The molecule has 1 fully saturated rings. The lowest BCUT2D eigenvalue weighted by molar-refractivity contribution is 0.229. The average Bonchev–Trinajstić information content (AvgIpc) is 3.29. The molecule has 2 atom stereocenters. The number of ether oxygens (including phenoxy) is 1. The zero-order chi connectivity index (χ0) is 19.2. The summed E-state index contributed by atoms with van der Waals surface area (Å²) in [5, 5.41) is 7.66. The van der Waals surface area contributed by atoms with Crippen LogP contribution in [-0.2, 0) is 7.05 Å². The van der Waals surface area contributed by atoms with Crippen molar-refractivity contribution < 1.29 is 9.13 Å². The first-order chi connectivity index (χ1) is 13.0. The standard InChI is InChI=1S/C20H28FN5O.HI/c1-4-22-20(23-11-15(2)27-19-7-5-18(21)6-8-19)26-10-9-16(14-26)17-12-24-25(3)13-17;/h5-8,12-13,15-16H,4,9-11,14H2,1-3H3,(H,22,23);1H. The SMILES string of the molecule is CCNC(=NCC(C)Oc1ccc(F)cc1)N1CCC(c2cnn(C)c2)C1.I. The van der Waals surface area contributed by atoms with E-state index in [2.05, 4.69) is 28.4 Å². The highest BCUT2D eigenvalue weighted by molar-refractivity contribution is 14.0. The molecule has 0 aliphatic carbocycles. The molecule has 0 saturated carbocycles. The lowest BCUT2D eigenvalue weighted by Crippen LogP contribution is -2.40. The number of aliphatic imine (C=N–C) groups is 1. The van der Waals surface area contributed by atoms with Crippen LogP contribution in [0.5, 0.6) is 5.75 Å². The summed E-state index contributed by atoms with van der Waals surface area (Å²) in [6.07, 6.45) is 5.05. The van der Waals surface area contributed by atoms with Crippen molar-refractivity contribution >= 4 is 29.9 Å². The summed E-state index contributed by atoms with van der Waals surface area (Å²) >= 11 is 0. The third-order valence-electron chi connectivity index (χ3n) is 4.67. The van der Waals surface area contributed by atoms with Gasteiger partial charge >= 0.3 is 0 Å². The van der Waals surface area contributed by atoms with Crippen LogP contribution in [-0.4, -0.2) is 52.9 Å². The van der Waals surface area contributed by atoms with Gasteiger partial charge in [-0.3, -0.25) is 4.68 Å². The number of nitrogens with zero attached hydrogens (tertiary/aromatic N) is 4. The van der Waals surface area contributed by atoms with Crippen LogP contribution in [0, 0.1) is 5.82 Å². The molecule has 2 aromatic rings. The van der Waals surface area contributed by atoms with Crippen LogP contribution in [0.2, 0.25) is 0 Å². The van der Waals surface area contributed by atoms with Gasteiger partial charge in [0.05, 0.1) is 12.7 Å². The number of aryl methyl sites for hydroxylation is 1. The van der Waals surface area contributed by atoms with Crippen molar-refractivity contribution in [2.45, 2.75) is 32.3 Å². The van der Waals surface area contributed by atoms with E-state index in [1.165, 1.54) is 17.7 Å². The first-order valence-corrected chi connectivity index (χ1v) is 9.49. The van der Waals surface area contributed by atoms with Crippen molar-refractivity contribution in [1.29, 1.82) is 0 Å². The van der Waals surface area contributed by atoms with E-state index < -0.39 is 0 Å². The van der Waals surface area contributed by atoms with Crippen molar-refractivity contribution in [3.05, 3.63) is 48.0 Å². The second kappa shape index (κ2) is 10.6. The number of nitrogens with one attached hydrogen (secondary N) is 1. The topological polar surface area (TPSA) is 54.7 Å². The Morgan fingerprint density at radius 1 is 1.39 bits per heavy atom. The van der Waals surface area contributed by atoms with Crippen LogP contribution in [0.3, 0.4) is 0 Å². The fourth-order valence-electron chi connectivity index (χ4n) is 3.30. The highest BCUT2D eigenvalue weighted by atomic mass is 127. The molecule has 28 heavy (non-hydrogen) atoms. The molecule has 2 heterocycles. The maximum atomic E-state index is 13.0. The molecular formula is C20H29FIN5O. The van der Waals surface area contributed by atoms with Gasteiger partial charge in [0, 0.05) is 38.8 Å². The minimum absolute atomic E-state index is 0. The van der Waals surface area contributed by atoms with Crippen LogP contribution in [0.4, 0.5) is 4.39 Å². The predicted octanol–water partition coefficient (Wildman–Crippen LogP) is 3.40. The molecule has 2 unspecified atom stereocenters. The van der Waals surface area contributed by atoms with E-state index in [-0.39, 0.29) is 35.9 Å². The van der Waals surface area contributed by atoms with Crippen LogP contribution in [0.15, 0.2) is 41.7 Å². The van der Waals surface area contributed by atoms with Gasteiger partial charge in [0.25, 0.3) is 0 Å². The third-order valence-corrected chi connectivity index (χ3v) is 4.67. The fraction of sp³-hybridized carbons (Fsp3) is 0.500. The Hall–Kier alpha value is -1.84. The molecule has 1 N–H and O–H groups in total. The monoisotopic (exact) mass is 501 g/mol. The Kier molecular flexibility index (Phi) is 8.53. The summed E-state index contributed by atoms with van der Waals surface area (Å²) in [5.74, 6) is 1.79. The summed E-state index contributed by atoms with van der Waals surface area (Å²) in [4.78, 5) is 7.05. The first-order valence-electron chi connectivity index (χ1n) is 9.49. The maximum absolute atomic E-state index is 13.0. The van der Waals surface area contributed by atoms with Gasteiger partial charge in [-0.05, 0) is 50.1 Å². The molecule has 6 nitrogen and oxygen atoms in total. The Bertz CT molecular complexity index is 764. The minimum Gasteiger partial charge on any atom is -0.489 e. The van der Waals surface area contributed by atoms with Crippen LogP contribution in [0.25, 0.3) is 0 Å². The number of hydrogen-bond donors (Lipinski definition) is 1. The van der Waals surface area contributed by atoms with Gasteiger partial charge in [-0.2, -0.15) is 5.10 Å². The van der Waals surface area contributed by atoms with E-state index in [1.807, 2.05) is 24.9 Å². The smallest absolute Gasteiger partial charge is 0.194 e. The van der Waals surface area contributed by atoms with E-state index >= 15 is 0 Å². The largest absolute Gasteiger partial charge is 0.489 e. The molecule has 154 valence electrons. The lowest BCUT2D eigenvalue weighted by Gasteiger charge is -2.22. The van der Waals surface area contributed by atoms with Gasteiger partial charge in [0.1, 0.15) is 17.7 Å². The molecular weight excluding hydrogens is 472 g/mol. The molecule has 1 aliphatic rings. The zero-order valence-corrected chi connectivity index (χ0v) is 19.0. The number of benzene rings is 1. The Morgan fingerprint density at radius 2 is 2.14 bits per heavy atom. The molecule has 1 aromatic carbocycles. The number of guanidine groups is 1. The third kappa shape index (κ3) is 6.08. The quantitative estimate of drug-likeness (QED) is 0.375.